The molecule has 3 rings (SSSR count). The fourth-order valence-corrected chi connectivity index (χ4v) is 5.07. The molecule has 6 heteroatoms. The van der Waals surface area contributed by atoms with Crippen LogP contribution in [0.4, 0.5) is 5.00 Å². The van der Waals surface area contributed by atoms with E-state index >= 15 is 0 Å². The summed E-state index contributed by atoms with van der Waals surface area (Å²) in [6, 6.07) is 10.5. The van der Waals surface area contributed by atoms with Crippen molar-refractivity contribution in [3.8, 4) is 0 Å². The third kappa shape index (κ3) is 5.55. The average molecular weight is 417 g/mol. The number of anilines is 1. The quantitative estimate of drug-likeness (QED) is 0.356. The Kier molecular flexibility index (Phi) is 7.86. The minimum atomic E-state index is -0.241. The molecule has 0 fully saturated rings. The van der Waals surface area contributed by atoms with Crippen molar-refractivity contribution in [2.24, 2.45) is 0 Å². The molecule has 0 atom stereocenters. The van der Waals surface area contributed by atoms with Crippen LogP contribution < -0.4 is 10.6 Å². The SMILES string of the molecule is CCOC(=O)c1c(NC(=S)NCCCCc2ccccc2)sc2c1CCCC2. The molecule has 1 aliphatic carbocycles. The van der Waals surface area contributed by atoms with E-state index in [2.05, 4.69) is 34.9 Å². The summed E-state index contributed by atoms with van der Waals surface area (Å²) in [5.74, 6) is -0.241. The Balaban J connectivity index is 1.52. The van der Waals surface area contributed by atoms with Gasteiger partial charge in [-0.25, -0.2) is 4.79 Å². The number of thiocarbonyl (C=S) groups is 1. The average Bonchev–Trinajstić information content (AvgIpc) is 3.06. The van der Waals surface area contributed by atoms with Crippen molar-refractivity contribution in [1.29, 1.82) is 0 Å². The number of benzene rings is 1. The van der Waals surface area contributed by atoms with Gasteiger partial charge < -0.3 is 15.4 Å². The molecule has 0 unspecified atom stereocenters. The van der Waals surface area contributed by atoms with E-state index in [1.807, 2.05) is 13.0 Å². The largest absolute Gasteiger partial charge is 0.462 e. The minimum absolute atomic E-state index is 0.241. The zero-order valence-corrected chi connectivity index (χ0v) is 18.0. The van der Waals surface area contributed by atoms with Gasteiger partial charge in [-0.2, -0.15) is 0 Å². The first-order chi connectivity index (χ1) is 13.7. The van der Waals surface area contributed by atoms with Crippen molar-refractivity contribution in [3.05, 3.63) is 51.9 Å². The van der Waals surface area contributed by atoms with Crippen LogP contribution >= 0.6 is 23.6 Å². The van der Waals surface area contributed by atoms with Crippen molar-refractivity contribution in [1.82, 2.24) is 5.32 Å². The number of hydrogen-bond acceptors (Lipinski definition) is 4. The lowest BCUT2D eigenvalue weighted by molar-refractivity contribution is 0.0526. The lowest BCUT2D eigenvalue weighted by Crippen LogP contribution is -2.29. The van der Waals surface area contributed by atoms with Crippen LogP contribution in [-0.4, -0.2) is 24.2 Å². The van der Waals surface area contributed by atoms with Crippen molar-refractivity contribution in [2.75, 3.05) is 18.5 Å². The van der Waals surface area contributed by atoms with Gasteiger partial charge in [-0.15, -0.1) is 11.3 Å². The summed E-state index contributed by atoms with van der Waals surface area (Å²) in [4.78, 5) is 13.8. The third-order valence-electron chi connectivity index (χ3n) is 4.90. The summed E-state index contributed by atoms with van der Waals surface area (Å²) in [6.07, 6.45) is 7.52. The maximum atomic E-state index is 12.5. The van der Waals surface area contributed by atoms with E-state index in [9.17, 15) is 4.79 Å². The normalized spacial score (nSPS) is 12.9. The first-order valence-electron chi connectivity index (χ1n) is 10.1. The standard InChI is InChI=1S/C22H28N2O2S2/c1-2-26-21(25)19-17-13-6-7-14-18(17)28-20(19)24-22(27)23-15-9-8-12-16-10-4-3-5-11-16/h3-5,10-11H,2,6-9,12-15H2,1H3,(H2,23,24,27). The molecule has 0 amide bonds. The van der Waals surface area contributed by atoms with Crippen LogP contribution in [0.5, 0.6) is 0 Å². The van der Waals surface area contributed by atoms with Gasteiger partial charge in [-0.3, -0.25) is 0 Å². The van der Waals surface area contributed by atoms with Crippen molar-refractivity contribution < 1.29 is 9.53 Å². The highest BCUT2D eigenvalue weighted by molar-refractivity contribution is 7.80. The van der Waals surface area contributed by atoms with Crippen LogP contribution in [0.2, 0.25) is 0 Å². The van der Waals surface area contributed by atoms with Gasteiger partial charge >= 0.3 is 5.97 Å². The van der Waals surface area contributed by atoms with Gasteiger partial charge in [-0.05, 0) is 75.2 Å². The van der Waals surface area contributed by atoms with E-state index in [0.717, 1.165) is 55.6 Å². The number of carbonyl (C=O) groups excluding carboxylic acids is 1. The predicted octanol–water partition coefficient (Wildman–Crippen LogP) is 5.11. The smallest absolute Gasteiger partial charge is 0.341 e. The van der Waals surface area contributed by atoms with E-state index in [1.54, 1.807) is 11.3 Å². The zero-order chi connectivity index (χ0) is 19.8. The summed E-state index contributed by atoms with van der Waals surface area (Å²) in [6.45, 7) is 3.04. The van der Waals surface area contributed by atoms with Gasteiger partial charge in [-0.1, -0.05) is 30.3 Å². The summed E-state index contributed by atoms with van der Waals surface area (Å²) >= 11 is 7.11. The fourth-order valence-electron chi connectivity index (χ4n) is 3.52. The van der Waals surface area contributed by atoms with Crippen LogP contribution in [0.1, 0.15) is 59.0 Å². The highest BCUT2D eigenvalue weighted by atomic mass is 32.1. The van der Waals surface area contributed by atoms with E-state index in [1.165, 1.54) is 16.9 Å². The molecule has 0 spiro atoms. The Labute approximate surface area is 176 Å². The maximum absolute atomic E-state index is 12.5. The van der Waals surface area contributed by atoms with Crippen molar-refractivity contribution in [3.63, 3.8) is 0 Å². The molecule has 2 N–H and O–H groups in total. The second-order valence-electron chi connectivity index (χ2n) is 6.96. The van der Waals surface area contributed by atoms with E-state index in [4.69, 9.17) is 17.0 Å². The summed E-state index contributed by atoms with van der Waals surface area (Å²) < 4.78 is 5.29. The molecule has 150 valence electrons. The van der Waals surface area contributed by atoms with Crippen LogP contribution in [0.25, 0.3) is 0 Å². The number of nitrogens with one attached hydrogen (secondary N) is 2. The molecule has 28 heavy (non-hydrogen) atoms. The Bertz CT molecular complexity index is 802. The third-order valence-corrected chi connectivity index (χ3v) is 6.35. The summed E-state index contributed by atoms with van der Waals surface area (Å²) in [5.41, 5.74) is 3.21. The molecule has 1 aliphatic rings. The first kappa shape index (κ1) is 20.8. The van der Waals surface area contributed by atoms with Gasteiger partial charge in [0.25, 0.3) is 0 Å². The number of rotatable bonds is 8. The van der Waals surface area contributed by atoms with Gasteiger partial charge in [0.2, 0.25) is 0 Å². The fraction of sp³-hybridized carbons (Fsp3) is 0.455. The number of hydrogen-bond donors (Lipinski definition) is 2. The molecule has 0 saturated carbocycles. The number of carbonyl (C=O) groups is 1. The lowest BCUT2D eigenvalue weighted by atomic mass is 9.95. The molecule has 2 aromatic rings. The second kappa shape index (κ2) is 10.6. The Morgan fingerprint density at radius 2 is 1.96 bits per heavy atom. The molecule has 0 aliphatic heterocycles. The summed E-state index contributed by atoms with van der Waals surface area (Å²) in [7, 11) is 0. The van der Waals surface area contributed by atoms with Crippen molar-refractivity contribution >= 4 is 39.6 Å². The minimum Gasteiger partial charge on any atom is -0.462 e. The molecular weight excluding hydrogens is 388 g/mol. The monoisotopic (exact) mass is 416 g/mol. The first-order valence-corrected chi connectivity index (χ1v) is 11.3. The molecule has 0 saturated heterocycles. The Hall–Kier alpha value is -1.92. The van der Waals surface area contributed by atoms with E-state index in [0.29, 0.717) is 17.3 Å². The van der Waals surface area contributed by atoms with Crippen LogP contribution in [-0.2, 0) is 24.0 Å². The predicted molar refractivity (Wildman–Crippen MR) is 121 cm³/mol. The van der Waals surface area contributed by atoms with Crippen LogP contribution in [0, 0.1) is 0 Å². The summed E-state index contributed by atoms with van der Waals surface area (Å²) in [5, 5.41) is 7.92. The highest BCUT2D eigenvalue weighted by Crippen LogP contribution is 2.38. The molecule has 1 heterocycles. The van der Waals surface area contributed by atoms with Crippen molar-refractivity contribution in [2.45, 2.75) is 51.9 Å². The number of esters is 1. The number of fused-ring (bicyclic) bond motifs is 1. The number of aryl methyl sites for hydroxylation is 2. The molecule has 0 bridgehead atoms. The van der Waals surface area contributed by atoms with Crippen LogP contribution in [0.15, 0.2) is 30.3 Å². The van der Waals surface area contributed by atoms with E-state index in [-0.39, 0.29) is 5.97 Å². The van der Waals surface area contributed by atoms with Gasteiger partial charge in [0.15, 0.2) is 5.11 Å². The Morgan fingerprint density at radius 1 is 1.18 bits per heavy atom. The molecule has 1 aromatic carbocycles. The number of thiophene rings is 1. The zero-order valence-electron chi connectivity index (χ0n) is 16.4. The molecular formula is C22H28N2O2S2. The van der Waals surface area contributed by atoms with E-state index < -0.39 is 0 Å². The molecule has 4 nitrogen and oxygen atoms in total. The molecule has 1 aromatic heterocycles. The Morgan fingerprint density at radius 3 is 2.75 bits per heavy atom. The molecule has 0 radical (unpaired) electrons. The van der Waals surface area contributed by atoms with Gasteiger partial charge in [0.05, 0.1) is 12.2 Å². The number of ether oxygens (including phenoxy) is 1. The van der Waals surface area contributed by atoms with Crippen LogP contribution in [0.3, 0.4) is 0 Å². The van der Waals surface area contributed by atoms with Gasteiger partial charge in [0, 0.05) is 11.4 Å². The van der Waals surface area contributed by atoms with Gasteiger partial charge in [0.1, 0.15) is 5.00 Å². The maximum Gasteiger partial charge on any atom is 0.341 e. The highest BCUT2D eigenvalue weighted by Gasteiger charge is 2.26. The number of unbranched alkanes of at least 4 members (excludes halogenated alkanes) is 1. The second-order valence-corrected chi connectivity index (χ2v) is 8.47. The lowest BCUT2D eigenvalue weighted by Gasteiger charge is -2.13. The topological polar surface area (TPSA) is 50.4 Å².